The summed E-state index contributed by atoms with van der Waals surface area (Å²) in [7, 11) is 0. The highest BCUT2D eigenvalue weighted by Gasteiger charge is 2.33. The van der Waals surface area contributed by atoms with Crippen LogP contribution >= 0.6 is 0 Å². The third kappa shape index (κ3) is 2.54. The molecule has 1 aromatic carbocycles. The molecule has 1 unspecified atom stereocenters. The van der Waals surface area contributed by atoms with Crippen molar-refractivity contribution in [2.24, 2.45) is 5.73 Å². The quantitative estimate of drug-likeness (QED) is 0.861. The van der Waals surface area contributed by atoms with E-state index in [1.54, 1.807) is 11.0 Å². The van der Waals surface area contributed by atoms with Crippen molar-refractivity contribution >= 4 is 23.2 Å². The van der Waals surface area contributed by atoms with E-state index in [1.807, 2.05) is 13.0 Å². The molecule has 118 valence electrons. The number of ether oxygens (including phenoxy) is 2. The molecule has 2 heterocycles. The fraction of sp³-hybridized carbons (Fsp3) is 0.467. The highest BCUT2D eigenvalue weighted by atomic mass is 16.6. The van der Waals surface area contributed by atoms with Crippen LogP contribution in [0.1, 0.15) is 19.8 Å². The maximum Gasteiger partial charge on any atom is 0.249 e. The van der Waals surface area contributed by atoms with Crippen molar-refractivity contribution in [1.29, 1.82) is 0 Å². The first-order valence-corrected chi connectivity index (χ1v) is 7.40. The van der Waals surface area contributed by atoms with Crippen molar-refractivity contribution in [3.05, 3.63) is 12.1 Å². The second-order valence-electron chi connectivity index (χ2n) is 5.32. The minimum atomic E-state index is -0.432. The van der Waals surface area contributed by atoms with E-state index in [2.05, 4.69) is 5.32 Å². The maximum absolute atomic E-state index is 12.5. The highest BCUT2D eigenvalue weighted by molar-refractivity contribution is 6.05. The van der Waals surface area contributed by atoms with Crippen LogP contribution < -0.4 is 25.4 Å². The van der Waals surface area contributed by atoms with Gasteiger partial charge in [-0.05, 0) is 6.42 Å². The largest absolute Gasteiger partial charge is 0.486 e. The number of fused-ring (bicyclic) bond motifs is 2. The summed E-state index contributed by atoms with van der Waals surface area (Å²) in [5.41, 5.74) is 6.72. The van der Waals surface area contributed by atoms with Gasteiger partial charge in [-0.15, -0.1) is 0 Å². The van der Waals surface area contributed by atoms with Crippen LogP contribution in [0.3, 0.4) is 0 Å². The Bertz CT molecular complexity index is 617. The summed E-state index contributed by atoms with van der Waals surface area (Å²) in [6.07, 6.45) is 0.774. The number of rotatable bonds is 4. The van der Waals surface area contributed by atoms with E-state index >= 15 is 0 Å². The first kappa shape index (κ1) is 14.5. The number of nitrogens with zero attached hydrogens (tertiary/aromatic N) is 1. The van der Waals surface area contributed by atoms with Gasteiger partial charge in [0.1, 0.15) is 19.3 Å². The third-order valence-corrected chi connectivity index (χ3v) is 3.84. The zero-order valence-corrected chi connectivity index (χ0v) is 12.4. The third-order valence-electron chi connectivity index (χ3n) is 3.84. The van der Waals surface area contributed by atoms with E-state index in [9.17, 15) is 9.59 Å². The van der Waals surface area contributed by atoms with Crippen LogP contribution in [0.5, 0.6) is 11.5 Å². The molecule has 2 aliphatic heterocycles. The Kier molecular flexibility index (Phi) is 3.79. The van der Waals surface area contributed by atoms with E-state index in [4.69, 9.17) is 15.2 Å². The Morgan fingerprint density at radius 2 is 2.05 bits per heavy atom. The zero-order chi connectivity index (χ0) is 15.7. The fourth-order valence-corrected chi connectivity index (χ4v) is 2.70. The molecule has 0 spiro atoms. The van der Waals surface area contributed by atoms with Crippen LogP contribution in [-0.4, -0.2) is 37.6 Å². The van der Waals surface area contributed by atoms with Crippen LogP contribution in [0.15, 0.2) is 12.1 Å². The van der Waals surface area contributed by atoms with Gasteiger partial charge in [-0.3, -0.25) is 9.59 Å². The van der Waals surface area contributed by atoms with Gasteiger partial charge in [0.05, 0.1) is 11.4 Å². The lowest BCUT2D eigenvalue weighted by molar-refractivity contribution is -0.120. The number of hydrogen-bond acceptors (Lipinski definition) is 5. The predicted molar refractivity (Wildman–Crippen MR) is 81.3 cm³/mol. The molecule has 0 saturated carbocycles. The Labute approximate surface area is 128 Å². The lowest BCUT2D eigenvalue weighted by Crippen LogP contribution is -2.48. The summed E-state index contributed by atoms with van der Waals surface area (Å²) in [5, 5.41) is 3.22. The minimum Gasteiger partial charge on any atom is -0.486 e. The van der Waals surface area contributed by atoms with Gasteiger partial charge >= 0.3 is 0 Å². The van der Waals surface area contributed by atoms with Crippen LogP contribution in [0.4, 0.5) is 11.4 Å². The maximum atomic E-state index is 12.5. The number of benzene rings is 1. The molecule has 0 aliphatic carbocycles. The molecule has 0 saturated heterocycles. The van der Waals surface area contributed by atoms with Crippen molar-refractivity contribution in [3.63, 3.8) is 0 Å². The highest BCUT2D eigenvalue weighted by Crippen LogP contribution is 2.42. The minimum absolute atomic E-state index is 0.0621. The molecular formula is C15H19N3O4. The lowest BCUT2D eigenvalue weighted by Gasteiger charge is -2.36. The molecule has 0 radical (unpaired) electrons. The van der Waals surface area contributed by atoms with E-state index in [0.29, 0.717) is 36.8 Å². The molecule has 0 fully saturated rings. The number of nitrogens with one attached hydrogen (secondary N) is 1. The number of nitrogens with two attached hydrogens (primary N) is 1. The number of hydrogen-bond donors (Lipinski definition) is 2. The molecule has 22 heavy (non-hydrogen) atoms. The number of amides is 2. The molecule has 1 aromatic rings. The Hall–Kier alpha value is -2.44. The van der Waals surface area contributed by atoms with Crippen molar-refractivity contribution in [3.8, 4) is 11.5 Å². The zero-order valence-electron chi connectivity index (χ0n) is 12.4. The van der Waals surface area contributed by atoms with E-state index in [1.165, 1.54) is 0 Å². The normalized spacial score (nSPS) is 19.4. The molecule has 7 heteroatoms. The van der Waals surface area contributed by atoms with Crippen molar-refractivity contribution in [1.82, 2.24) is 0 Å². The Balaban J connectivity index is 1.99. The van der Waals surface area contributed by atoms with Gasteiger partial charge < -0.3 is 25.4 Å². The first-order chi connectivity index (χ1) is 10.6. The molecule has 3 rings (SSSR count). The average Bonchev–Trinajstić information content (AvgIpc) is 2.51. The van der Waals surface area contributed by atoms with Crippen molar-refractivity contribution in [2.75, 3.05) is 30.0 Å². The van der Waals surface area contributed by atoms with Gasteiger partial charge in [-0.1, -0.05) is 6.92 Å². The number of carbonyl (C=O) groups is 2. The smallest absolute Gasteiger partial charge is 0.249 e. The summed E-state index contributed by atoms with van der Waals surface area (Å²) in [5.74, 6) is 0.779. The summed E-state index contributed by atoms with van der Waals surface area (Å²) >= 11 is 0. The summed E-state index contributed by atoms with van der Waals surface area (Å²) in [6, 6.07) is 3.31. The molecule has 2 amide bonds. The van der Waals surface area contributed by atoms with Crippen LogP contribution in [-0.2, 0) is 9.59 Å². The average molecular weight is 305 g/mol. The first-order valence-electron chi connectivity index (χ1n) is 7.40. The Morgan fingerprint density at radius 3 is 2.68 bits per heavy atom. The topological polar surface area (TPSA) is 93.9 Å². The molecule has 0 aromatic heterocycles. The van der Waals surface area contributed by atoms with Gasteiger partial charge in [0, 0.05) is 25.1 Å². The summed E-state index contributed by atoms with van der Waals surface area (Å²) in [4.78, 5) is 25.2. The predicted octanol–water partition coefficient (Wildman–Crippen LogP) is 0.870. The van der Waals surface area contributed by atoms with Gasteiger partial charge in [-0.25, -0.2) is 0 Å². The standard InChI is InChI=1S/C15H19N3O4/c1-2-9-15(20)18(4-3-14(16)19)11-8-13-12(7-10(11)17-9)21-5-6-22-13/h7-9,17H,2-6H2,1H3,(H2,16,19). The van der Waals surface area contributed by atoms with Crippen LogP contribution in [0.25, 0.3) is 0 Å². The molecule has 2 aliphatic rings. The molecule has 7 nitrogen and oxygen atoms in total. The van der Waals surface area contributed by atoms with E-state index in [-0.39, 0.29) is 24.9 Å². The molecule has 3 N–H and O–H groups in total. The van der Waals surface area contributed by atoms with Gasteiger partial charge in [0.15, 0.2) is 11.5 Å². The monoisotopic (exact) mass is 305 g/mol. The molecular weight excluding hydrogens is 286 g/mol. The Morgan fingerprint density at radius 1 is 1.36 bits per heavy atom. The summed E-state index contributed by atoms with van der Waals surface area (Å²) in [6.45, 7) is 3.18. The van der Waals surface area contributed by atoms with E-state index in [0.717, 1.165) is 5.69 Å². The number of carbonyl (C=O) groups excluding carboxylic acids is 2. The van der Waals surface area contributed by atoms with E-state index < -0.39 is 5.91 Å². The second kappa shape index (κ2) is 5.75. The second-order valence-corrected chi connectivity index (χ2v) is 5.32. The summed E-state index contributed by atoms with van der Waals surface area (Å²) < 4.78 is 11.1. The SMILES string of the molecule is CCC1Nc2cc3c(cc2N(CCC(N)=O)C1=O)OCCO3. The van der Waals surface area contributed by atoms with Crippen molar-refractivity contribution < 1.29 is 19.1 Å². The lowest BCUT2D eigenvalue weighted by atomic mass is 10.1. The number of anilines is 2. The van der Waals surface area contributed by atoms with Gasteiger partial charge in [-0.2, -0.15) is 0 Å². The van der Waals surface area contributed by atoms with Crippen LogP contribution in [0.2, 0.25) is 0 Å². The fourth-order valence-electron chi connectivity index (χ4n) is 2.70. The van der Waals surface area contributed by atoms with Gasteiger partial charge in [0.2, 0.25) is 11.8 Å². The molecule has 1 atom stereocenters. The van der Waals surface area contributed by atoms with Crippen molar-refractivity contribution in [2.45, 2.75) is 25.8 Å². The van der Waals surface area contributed by atoms with Crippen LogP contribution in [0, 0.1) is 0 Å². The molecule has 0 bridgehead atoms. The van der Waals surface area contributed by atoms with Gasteiger partial charge in [0.25, 0.3) is 0 Å². The number of primary amides is 1.